The Hall–Kier alpha value is -1.61. The van der Waals surface area contributed by atoms with Crippen LogP contribution in [0.4, 0.5) is 11.4 Å². The molecule has 18 heavy (non-hydrogen) atoms. The Kier molecular flexibility index (Phi) is 4.15. The maximum atomic E-state index is 5.98. The lowest BCUT2D eigenvalue weighted by Gasteiger charge is -2.21. The van der Waals surface area contributed by atoms with Gasteiger partial charge in [0.25, 0.3) is 0 Å². The first kappa shape index (κ1) is 12.8. The van der Waals surface area contributed by atoms with Gasteiger partial charge in [0.05, 0.1) is 11.4 Å². The van der Waals surface area contributed by atoms with Crippen molar-refractivity contribution in [3.63, 3.8) is 0 Å². The van der Waals surface area contributed by atoms with Crippen molar-refractivity contribution in [3.05, 3.63) is 54.1 Å². The van der Waals surface area contributed by atoms with Crippen LogP contribution in [0.15, 0.2) is 53.4 Å². The fourth-order valence-corrected chi connectivity index (χ4v) is 2.33. The van der Waals surface area contributed by atoms with Gasteiger partial charge in [-0.2, -0.15) is 0 Å². The molecule has 0 amide bonds. The molecule has 0 bridgehead atoms. The molecule has 0 radical (unpaired) electrons. The van der Waals surface area contributed by atoms with Gasteiger partial charge in [-0.15, -0.1) is 11.8 Å². The summed E-state index contributed by atoms with van der Waals surface area (Å²) < 4.78 is 0. The lowest BCUT2D eigenvalue weighted by atomic mass is 10.2. The standard InChI is InChI=1S/C15H18N2S/c1-17(15-6-4-3-5-14(15)16)11-12-7-9-13(18-2)10-8-12/h3-10H,11,16H2,1-2H3. The smallest absolute Gasteiger partial charge is 0.0600 e. The Labute approximate surface area is 113 Å². The third-order valence-corrected chi connectivity index (χ3v) is 3.67. The molecule has 2 nitrogen and oxygen atoms in total. The molecule has 94 valence electrons. The van der Waals surface area contributed by atoms with Crippen LogP contribution in [0.25, 0.3) is 0 Å². The highest BCUT2D eigenvalue weighted by molar-refractivity contribution is 7.98. The second-order valence-corrected chi connectivity index (χ2v) is 5.14. The molecule has 0 saturated carbocycles. The average Bonchev–Trinajstić information content (AvgIpc) is 2.40. The number of para-hydroxylation sites is 2. The summed E-state index contributed by atoms with van der Waals surface area (Å²) in [6.07, 6.45) is 2.09. The minimum Gasteiger partial charge on any atom is -0.397 e. The normalized spacial score (nSPS) is 10.3. The van der Waals surface area contributed by atoms with Crippen molar-refractivity contribution in [2.75, 3.05) is 23.9 Å². The lowest BCUT2D eigenvalue weighted by Crippen LogP contribution is -2.17. The van der Waals surface area contributed by atoms with Crippen LogP contribution in [0.5, 0.6) is 0 Å². The first-order chi connectivity index (χ1) is 8.70. The van der Waals surface area contributed by atoms with Crippen molar-refractivity contribution < 1.29 is 0 Å². The molecule has 0 aromatic heterocycles. The van der Waals surface area contributed by atoms with Crippen LogP contribution in [0.2, 0.25) is 0 Å². The van der Waals surface area contributed by atoms with Gasteiger partial charge in [-0.25, -0.2) is 0 Å². The highest BCUT2D eigenvalue weighted by Crippen LogP contribution is 2.23. The predicted molar refractivity (Wildman–Crippen MR) is 81.2 cm³/mol. The average molecular weight is 258 g/mol. The van der Waals surface area contributed by atoms with E-state index in [1.54, 1.807) is 11.8 Å². The van der Waals surface area contributed by atoms with Crippen LogP contribution < -0.4 is 10.6 Å². The number of nitrogens with zero attached hydrogens (tertiary/aromatic N) is 1. The Morgan fingerprint density at radius 2 is 1.72 bits per heavy atom. The number of hydrogen-bond donors (Lipinski definition) is 1. The van der Waals surface area contributed by atoms with E-state index in [4.69, 9.17) is 5.73 Å². The van der Waals surface area contributed by atoms with Crippen molar-refractivity contribution >= 4 is 23.1 Å². The highest BCUT2D eigenvalue weighted by Gasteiger charge is 2.05. The maximum absolute atomic E-state index is 5.98. The molecule has 2 aromatic carbocycles. The summed E-state index contributed by atoms with van der Waals surface area (Å²) in [4.78, 5) is 3.46. The zero-order valence-electron chi connectivity index (χ0n) is 10.8. The predicted octanol–water partition coefficient (Wildman–Crippen LogP) is 3.63. The quantitative estimate of drug-likeness (QED) is 0.671. The molecule has 2 N–H and O–H groups in total. The molecule has 0 fully saturated rings. The van der Waals surface area contributed by atoms with Gasteiger partial charge in [-0.1, -0.05) is 24.3 Å². The second kappa shape index (κ2) is 5.83. The highest BCUT2D eigenvalue weighted by atomic mass is 32.2. The van der Waals surface area contributed by atoms with Gasteiger partial charge < -0.3 is 10.6 Å². The number of nitrogen functional groups attached to an aromatic ring is 1. The summed E-state index contributed by atoms with van der Waals surface area (Å²) in [6.45, 7) is 0.864. The molecular formula is C15H18N2S. The molecule has 0 spiro atoms. The van der Waals surface area contributed by atoms with Crippen molar-refractivity contribution in [2.45, 2.75) is 11.4 Å². The zero-order chi connectivity index (χ0) is 13.0. The van der Waals surface area contributed by atoms with Crippen LogP contribution in [-0.4, -0.2) is 13.3 Å². The van der Waals surface area contributed by atoms with E-state index in [-0.39, 0.29) is 0 Å². The van der Waals surface area contributed by atoms with Crippen LogP contribution in [0.1, 0.15) is 5.56 Å². The van der Waals surface area contributed by atoms with E-state index in [0.717, 1.165) is 17.9 Å². The molecule has 0 aliphatic heterocycles. The number of thioether (sulfide) groups is 1. The van der Waals surface area contributed by atoms with Gasteiger partial charge in [0.2, 0.25) is 0 Å². The second-order valence-electron chi connectivity index (χ2n) is 4.26. The van der Waals surface area contributed by atoms with Crippen LogP contribution >= 0.6 is 11.8 Å². The van der Waals surface area contributed by atoms with E-state index in [1.165, 1.54) is 10.5 Å². The minimum atomic E-state index is 0.820. The minimum absolute atomic E-state index is 0.820. The van der Waals surface area contributed by atoms with E-state index in [9.17, 15) is 0 Å². The van der Waals surface area contributed by atoms with Gasteiger partial charge in [-0.05, 0) is 36.1 Å². The molecule has 2 rings (SSSR count). The Balaban J connectivity index is 2.11. The first-order valence-electron chi connectivity index (χ1n) is 5.89. The number of hydrogen-bond acceptors (Lipinski definition) is 3. The van der Waals surface area contributed by atoms with Gasteiger partial charge in [-0.3, -0.25) is 0 Å². The first-order valence-corrected chi connectivity index (χ1v) is 7.12. The Morgan fingerprint density at radius 3 is 2.33 bits per heavy atom. The summed E-state index contributed by atoms with van der Waals surface area (Å²) in [6, 6.07) is 16.6. The molecule has 2 aromatic rings. The Morgan fingerprint density at radius 1 is 1.06 bits per heavy atom. The largest absolute Gasteiger partial charge is 0.397 e. The topological polar surface area (TPSA) is 29.3 Å². The zero-order valence-corrected chi connectivity index (χ0v) is 11.6. The summed E-state index contributed by atoms with van der Waals surface area (Å²) >= 11 is 1.76. The van der Waals surface area contributed by atoms with E-state index in [0.29, 0.717) is 0 Å². The summed E-state index contributed by atoms with van der Waals surface area (Å²) in [5, 5.41) is 0. The molecule has 0 saturated heterocycles. The Bertz CT molecular complexity index is 508. The third-order valence-electron chi connectivity index (χ3n) is 2.93. The molecule has 0 heterocycles. The van der Waals surface area contributed by atoms with Gasteiger partial charge in [0.1, 0.15) is 0 Å². The SMILES string of the molecule is CSc1ccc(CN(C)c2ccccc2N)cc1. The maximum Gasteiger partial charge on any atom is 0.0600 e. The van der Waals surface area contributed by atoms with Crippen molar-refractivity contribution in [1.82, 2.24) is 0 Å². The number of anilines is 2. The van der Waals surface area contributed by atoms with Gasteiger partial charge in [0.15, 0.2) is 0 Å². The van der Waals surface area contributed by atoms with Crippen LogP contribution in [0, 0.1) is 0 Å². The number of benzene rings is 2. The molecule has 0 aliphatic carbocycles. The van der Waals surface area contributed by atoms with E-state index >= 15 is 0 Å². The van der Waals surface area contributed by atoms with E-state index < -0.39 is 0 Å². The summed E-state index contributed by atoms with van der Waals surface area (Å²) in [5.74, 6) is 0. The van der Waals surface area contributed by atoms with Crippen LogP contribution in [-0.2, 0) is 6.54 Å². The third kappa shape index (κ3) is 2.99. The molecular weight excluding hydrogens is 240 g/mol. The van der Waals surface area contributed by atoms with E-state index in [2.05, 4.69) is 42.5 Å². The van der Waals surface area contributed by atoms with Crippen LogP contribution in [0.3, 0.4) is 0 Å². The monoisotopic (exact) mass is 258 g/mol. The van der Waals surface area contributed by atoms with E-state index in [1.807, 2.05) is 24.3 Å². The van der Waals surface area contributed by atoms with Gasteiger partial charge >= 0.3 is 0 Å². The van der Waals surface area contributed by atoms with Gasteiger partial charge in [0, 0.05) is 18.5 Å². The fraction of sp³-hybridized carbons (Fsp3) is 0.200. The summed E-state index contributed by atoms with van der Waals surface area (Å²) in [7, 11) is 2.06. The fourth-order valence-electron chi connectivity index (χ4n) is 1.93. The molecule has 3 heteroatoms. The van der Waals surface area contributed by atoms with Crippen molar-refractivity contribution in [2.24, 2.45) is 0 Å². The molecule has 0 aliphatic rings. The molecule has 0 atom stereocenters. The van der Waals surface area contributed by atoms with Crippen molar-refractivity contribution in [1.29, 1.82) is 0 Å². The number of nitrogens with two attached hydrogens (primary N) is 1. The molecule has 0 unspecified atom stereocenters. The lowest BCUT2D eigenvalue weighted by molar-refractivity contribution is 0.923. The number of rotatable bonds is 4. The summed E-state index contributed by atoms with van der Waals surface area (Å²) in [5.41, 5.74) is 9.16. The van der Waals surface area contributed by atoms with Crippen molar-refractivity contribution in [3.8, 4) is 0 Å².